The summed E-state index contributed by atoms with van der Waals surface area (Å²) in [7, 11) is -3.26. The number of nitrogens with zero attached hydrogens (tertiary/aromatic N) is 3. The Balaban J connectivity index is 1.74. The fraction of sp³-hybridized carbons (Fsp3) is 0.714. The second kappa shape index (κ2) is 6.46. The average molecular weight is 359 g/mol. The molecule has 2 saturated heterocycles. The van der Waals surface area contributed by atoms with Crippen LogP contribution in [0.1, 0.15) is 28.3 Å². The van der Waals surface area contributed by atoms with Crippen LogP contribution in [0, 0.1) is 6.92 Å². The maximum Gasteiger partial charge on any atom is 0.273 e. The van der Waals surface area contributed by atoms with E-state index >= 15 is 0 Å². The molecular weight excluding hydrogens is 338 g/mol. The van der Waals surface area contributed by atoms with Crippen LogP contribution in [0.15, 0.2) is 5.38 Å². The van der Waals surface area contributed by atoms with Crippen molar-refractivity contribution < 1.29 is 17.9 Å². The highest BCUT2D eigenvalue weighted by atomic mass is 32.2. The largest absolute Gasteiger partial charge is 0.375 e. The van der Waals surface area contributed by atoms with Gasteiger partial charge in [0.1, 0.15) is 5.69 Å². The van der Waals surface area contributed by atoms with Crippen LogP contribution in [0.4, 0.5) is 0 Å². The number of carbonyl (C=O) groups excluding carboxylic acids is 1. The monoisotopic (exact) mass is 359 g/mol. The number of likely N-dealkylation sites (tertiary alicyclic amines) is 1. The smallest absolute Gasteiger partial charge is 0.273 e. The number of aromatic nitrogens is 1. The van der Waals surface area contributed by atoms with Crippen molar-refractivity contribution in [3.63, 3.8) is 0 Å². The predicted molar refractivity (Wildman–Crippen MR) is 87.1 cm³/mol. The van der Waals surface area contributed by atoms with E-state index in [1.165, 1.54) is 21.9 Å². The van der Waals surface area contributed by atoms with Crippen molar-refractivity contribution in [2.24, 2.45) is 0 Å². The van der Waals surface area contributed by atoms with Gasteiger partial charge in [-0.1, -0.05) is 0 Å². The predicted octanol–water partition coefficient (Wildman–Crippen LogP) is 0.717. The van der Waals surface area contributed by atoms with Gasteiger partial charge in [-0.25, -0.2) is 13.4 Å². The Bertz CT molecular complexity index is 688. The summed E-state index contributed by atoms with van der Waals surface area (Å²) in [4.78, 5) is 18.6. The second-order valence-corrected chi connectivity index (χ2v) is 8.97. The third kappa shape index (κ3) is 3.57. The van der Waals surface area contributed by atoms with Crippen LogP contribution in [0.2, 0.25) is 0 Å². The fourth-order valence-corrected chi connectivity index (χ4v) is 5.01. The number of hydrogen-bond donors (Lipinski definition) is 0. The molecule has 1 amide bonds. The SMILES string of the molecule is Cc1nc(C(=O)N2CC[C@@H]3[C@@H](CC2)OCCN3S(C)(=O)=O)cs1. The Morgan fingerprint density at radius 3 is 2.74 bits per heavy atom. The molecule has 0 unspecified atom stereocenters. The summed E-state index contributed by atoms with van der Waals surface area (Å²) in [5, 5.41) is 2.64. The molecule has 1 aromatic heterocycles. The van der Waals surface area contributed by atoms with E-state index in [2.05, 4.69) is 4.98 Å². The van der Waals surface area contributed by atoms with E-state index in [1.54, 1.807) is 10.3 Å². The lowest BCUT2D eigenvalue weighted by atomic mass is 10.0. The molecule has 0 N–H and O–H groups in total. The lowest BCUT2D eigenvalue weighted by molar-refractivity contribution is -0.0406. The van der Waals surface area contributed by atoms with E-state index < -0.39 is 10.0 Å². The lowest BCUT2D eigenvalue weighted by Gasteiger charge is -2.38. The number of amides is 1. The van der Waals surface area contributed by atoms with Crippen LogP contribution in [0.25, 0.3) is 0 Å². The first kappa shape index (κ1) is 16.8. The molecule has 3 heterocycles. The zero-order valence-electron chi connectivity index (χ0n) is 13.3. The molecule has 23 heavy (non-hydrogen) atoms. The molecule has 3 rings (SSSR count). The molecule has 1 aromatic rings. The molecular formula is C14H21N3O4S2. The number of aryl methyl sites for hydroxylation is 1. The van der Waals surface area contributed by atoms with Crippen molar-refractivity contribution in [2.75, 3.05) is 32.5 Å². The topological polar surface area (TPSA) is 79.8 Å². The quantitative estimate of drug-likeness (QED) is 0.777. The van der Waals surface area contributed by atoms with E-state index in [0.717, 1.165) is 5.01 Å². The zero-order valence-corrected chi connectivity index (χ0v) is 14.9. The molecule has 2 atom stereocenters. The first-order valence-corrected chi connectivity index (χ1v) is 10.4. The van der Waals surface area contributed by atoms with E-state index in [-0.39, 0.29) is 18.1 Å². The van der Waals surface area contributed by atoms with Gasteiger partial charge in [0, 0.05) is 25.0 Å². The molecule has 0 aromatic carbocycles. The van der Waals surface area contributed by atoms with Crippen molar-refractivity contribution in [2.45, 2.75) is 31.9 Å². The first-order valence-electron chi connectivity index (χ1n) is 7.66. The van der Waals surface area contributed by atoms with Gasteiger partial charge in [-0.05, 0) is 19.8 Å². The molecule has 2 aliphatic heterocycles. The van der Waals surface area contributed by atoms with Crippen molar-refractivity contribution in [3.8, 4) is 0 Å². The second-order valence-electron chi connectivity index (χ2n) is 5.97. The van der Waals surface area contributed by atoms with Crippen LogP contribution < -0.4 is 0 Å². The summed E-state index contributed by atoms with van der Waals surface area (Å²) < 4.78 is 31.2. The van der Waals surface area contributed by atoms with E-state index in [9.17, 15) is 13.2 Å². The highest BCUT2D eigenvalue weighted by molar-refractivity contribution is 7.88. The molecule has 0 aliphatic carbocycles. The maximum absolute atomic E-state index is 12.5. The van der Waals surface area contributed by atoms with Gasteiger partial charge in [-0.3, -0.25) is 4.79 Å². The van der Waals surface area contributed by atoms with Crippen LogP contribution >= 0.6 is 11.3 Å². The van der Waals surface area contributed by atoms with Crippen LogP contribution in [-0.4, -0.2) is 73.2 Å². The Morgan fingerprint density at radius 2 is 2.09 bits per heavy atom. The third-order valence-corrected chi connectivity index (χ3v) is 6.45. The van der Waals surface area contributed by atoms with Gasteiger partial charge in [0.2, 0.25) is 10.0 Å². The summed E-state index contributed by atoms with van der Waals surface area (Å²) >= 11 is 1.45. The Morgan fingerprint density at radius 1 is 1.35 bits per heavy atom. The average Bonchev–Trinajstić information content (AvgIpc) is 2.81. The number of hydrogen-bond acceptors (Lipinski definition) is 6. The van der Waals surface area contributed by atoms with Gasteiger partial charge in [0.15, 0.2) is 0 Å². The Hall–Kier alpha value is -1.03. The molecule has 0 saturated carbocycles. The standard InChI is InChI=1S/C14H21N3O4S2/c1-10-15-11(9-22-10)14(18)16-5-3-12-13(4-6-16)21-8-7-17(12)23(2,19)20/h9,12-13H,3-8H2,1-2H3/t12-,13-/m1/s1. The van der Waals surface area contributed by atoms with Crippen LogP contribution in [0.5, 0.6) is 0 Å². The summed E-state index contributed by atoms with van der Waals surface area (Å²) in [6.45, 7) is 3.75. The highest BCUT2D eigenvalue weighted by Gasteiger charge is 2.39. The van der Waals surface area contributed by atoms with E-state index in [0.29, 0.717) is 44.8 Å². The Labute approximate surface area is 140 Å². The molecule has 2 fully saturated rings. The Kier molecular flexibility index (Phi) is 4.73. The van der Waals surface area contributed by atoms with Crippen LogP contribution in [-0.2, 0) is 14.8 Å². The molecule has 0 radical (unpaired) electrons. The van der Waals surface area contributed by atoms with Gasteiger partial charge >= 0.3 is 0 Å². The molecule has 2 aliphatic rings. The number of carbonyl (C=O) groups is 1. The minimum atomic E-state index is -3.26. The normalized spacial score (nSPS) is 26.6. The van der Waals surface area contributed by atoms with Gasteiger partial charge in [0.25, 0.3) is 5.91 Å². The van der Waals surface area contributed by atoms with Crippen molar-refractivity contribution in [3.05, 3.63) is 16.1 Å². The van der Waals surface area contributed by atoms with E-state index in [1.807, 2.05) is 6.92 Å². The van der Waals surface area contributed by atoms with Crippen molar-refractivity contribution in [1.82, 2.24) is 14.2 Å². The summed E-state index contributed by atoms with van der Waals surface area (Å²) in [5.41, 5.74) is 0.471. The van der Waals surface area contributed by atoms with Gasteiger partial charge in [0.05, 0.1) is 30.0 Å². The maximum atomic E-state index is 12.5. The van der Waals surface area contributed by atoms with Gasteiger partial charge in [-0.15, -0.1) is 11.3 Å². The van der Waals surface area contributed by atoms with Crippen molar-refractivity contribution in [1.29, 1.82) is 0 Å². The fourth-order valence-electron chi connectivity index (χ4n) is 3.28. The van der Waals surface area contributed by atoms with Crippen LogP contribution in [0.3, 0.4) is 0 Å². The van der Waals surface area contributed by atoms with Gasteiger partial charge in [-0.2, -0.15) is 4.31 Å². The molecule has 7 nitrogen and oxygen atoms in total. The number of morpholine rings is 1. The minimum Gasteiger partial charge on any atom is -0.375 e. The van der Waals surface area contributed by atoms with E-state index in [4.69, 9.17) is 4.74 Å². The van der Waals surface area contributed by atoms with Crippen molar-refractivity contribution >= 4 is 27.3 Å². The number of fused-ring (bicyclic) bond motifs is 1. The number of thiazole rings is 1. The molecule has 0 bridgehead atoms. The zero-order chi connectivity index (χ0) is 16.6. The molecule has 9 heteroatoms. The third-order valence-electron chi connectivity index (χ3n) is 4.37. The number of rotatable bonds is 2. The summed E-state index contributed by atoms with van der Waals surface area (Å²) in [6, 6.07) is -0.186. The first-order chi connectivity index (χ1) is 10.9. The highest BCUT2D eigenvalue weighted by Crippen LogP contribution is 2.26. The molecule has 128 valence electrons. The lowest BCUT2D eigenvalue weighted by Crippen LogP contribution is -2.53. The summed E-state index contributed by atoms with van der Waals surface area (Å²) in [5.74, 6) is -0.0843. The summed E-state index contributed by atoms with van der Waals surface area (Å²) in [6.07, 6.45) is 2.33. The molecule has 0 spiro atoms. The minimum absolute atomic E-state index is 0.0843. The number of sulfonamides is 1. The number of ether oxygens (including phenoxy) is 1. The van der Waals surface area contributed by atoms with Gasteiger partial charge < -0.3 is 9.64 Å².